The summed E-state index contributed by atoms with van der Waals surface area (Å²) in [6.45, 7) is 0.461. The van der Waals surface area contributed by atoms with Gasteiger partial charge in [0.05, 0.1) is 13.2 Å². The second-order valence-electron chi connectivity index (χ2n) is 5.84. The van der Waals surface area contributed by atoms with Gasteiger partial charge in [-0.3, -0.25) is 0 Å². The molecule has 0 radical (unpaired) electrons. The third-order valence-corrected chi connectivity index (χ3v) is 3.76. The number of carbonyl (C=O) groups is 2. The summed E-state index contributed by atoms with van der Waals surface area (Å²) in [5.41, 5.74) is 1.71. The second-order valence-corrected chi connectivity index (χ2v) is 5.84. The van der Waals surface area contributed by atoms with Crippen LogP contribution < -0.4 is 0 Å². The highest BCUT2D eigenvalue weighted by Crippen LogP contribution is 2.15. The zero-order chi connectivity index (χ0) is 19.6. The summed E-state index contributed by atoms with van der Waals surface area (Å²) in [7, 11) is 0. The Morgan fingerprint density at radius 3 is 1.50 bits per heavy atom. The van der Waals surface area contributed by atoms with Gasteiger partial charge < -0.3 is 18.9 Å². The number of ether oxygens (including phenoxy) is 4. The van der Waals surface area contributed by atoms with Gasteiger partial charge in [0, 0.05) is 12.2 Å². The van der Waals surface area contributed by atoms with Crippen LogP contribution in [-0.2, 0) is 28.5 Å². The van der Waals surface area contributed by atoms with Gasteiger partial charge in [-0.25, -0.2) is 9.59 Å². The molecule has 0 spiro atoms. The molecule has 6 nitrogen and oxygen atoms in total. The van der Waals surface area contributed by atoms with Crippen molar-refractivity contribution in [2.24, 2.45) is 0 Å². The highest BCUT2D eigenvalue weighted by atomic mass is 16.8. The summed E-state index contributed by atoms with van der Waals surface area (Å²) in [5.74, 6) is -1.25. The Morgan fingerprint density at radius 1 is 0.714 bits per heavy atom. The van der Waals surface area contributed by atoms with E-state index >= 15 is 0 Å². The molecule has 0 aliphatic carbocycles. The van der Waals surface area contributed by atoms with E-state index in [1.54, 1.807) is 12.2 Å². The minimum absolute atomic E-state index is 0.230. The van der Waals surface area contributed by atoms with Gasteiger partial charge in [-0.05, 0) is 23.3 Å². The van der Waals surface area contributed by atoms with Gasteiger partial charge in [-0.15, -0.1) is 0 Å². The second kappa shape index (κ2) is 10.2. The lowest BCUT2D eigenvalue weighted by Crippen LogP contribution is -2.43. The lowest BCUT2D eigenvalue weighted by molar-refractivity contribution is -0.299. The molecule has 1 fully saturated rings. The number of carbonyl (C=O) groups excluding carboxylic acids is 2. The molecule has 1 saturated heterocycles. The van der Waals surface area contributed by atoms with Crippen LogP contribution in [0.5, 0.6) is 0 Å². The zero-order valence-corrected chi connectivity index (χ0v) is 15.1. The van der Waals surface area contributed by atoms with Crippen molar-refractivity contribution in [2.45, 2.75) is 12.6 Å². The van der Waals surface area contributed by atoms with Crippen molar-refractivity contribution in [1.82, 2.24) is 0 Å². The molecule has 0 amide bonds. The summed E-state index contributed by atoms with van der Waals surface area (Å²) in [4.78, 5) is 24.1. The van der Waals surface area contributed by atoms with E-state index in [4.69, 9.17) is 18.9 Å². The summed E-state index contributed by atoms with van der Waals surface area (Å²) >= 11 is 0. The Balaban J connectivity index is 1.54. The third-order valence-electron chi connectivity index (χ3n) is 3.76. The summed E-state index contributed by atoms with van der Waals surface area (Å²) in [6.07, 6.45) is 3.54. The smallest absolute Gasteiger partial charge is 0.333 e. The number of rotatable bonds is 6. The fourth-order valence-corrected chi connectivity index (χ4v) is 2.43. The van der Waals surface area contributed by atoms with Gasteiger partial charge in [0.1, 0.15) is 0 Å². The molecule has 2 aromatic rings. The SMILES string of the molecule is O=C(/C=C/c1ccccc1)OC1OCCOC1OC(=O)/C=C/c1ccccc1. The zero-order valence-electron chi connectivity index (χ0n) is 15.1. The van der Waals surface area contributed by atoms with Gasteiger partial charge in [0.2, 0.25) is 0 Å². The molecule has 2 aromatic carbocycles. The fourth-order valence-electron chi connectivity index (χ4n) is 2.43. The first-order chi connectivity index (χ1) is 13.7. The van der Waals surface area contributed by atoms with E-state index in [1.165, 1.54) is 12.2 Å². The first-order valence-electron chi connectivity index (χ1n) is 8.81. The van der Waals surface area contributed by atoms with Crippen LogP contribution in [0.25, 0.3) is 12.2 Å². The molecular formula is C22H20O6. The predicted octanol–water partition coefficient (Wildman–Crippen LogP) is 3.20. The molecular weight excluding hydrogens is 360 g/mol. The van der Waals surface area contributed by atoms with Crippen LogP contribution in [0.15, 0.2) is 72.8 Å². The molecule has 1 aliphatic heterocycles. The highest BCUT2D eigenvalue weighted by molar-refractivity contribution is 5.88. The Hall–Kier alpha value is -3.22. The lowest BCUT2D eigenvalue weighted by atomic mass is 10.2. The van der Waals surface area contributed by atoms with Crippen LogP contribution in [0.2, 0.25) is 0 Å². The maximum absolute atomic E-state index is 12.0. The number of hydrogen-bond acceptors (Lipinski definition) is 6. The van der Waals surface area contributed by atoms with Crippen LogP contribution in [-0.4, -0.2) is 37.7 Å². The van der Waals surface area contributed by atoms with E-state index in [9.17, 15) is 9.59 Å². The van der Waals surface area contributed by atoms with Crippen LogP contribution in [0, 0.1) is 0 Å². The van der Waals surface area contributed by atoms with Gasteiger partial charge in [0.25, 0.3) is 12.6 Å². The number of esters is 2. The molecule has 144 valence electrons. The lowest BCUT2D eigenvalue weighted by Gasteiger charge is -2.29. The Kier molecular flexibility index (Phi) is 7.12. The molecule has 2 atom stereocenters. The van der Waals surface area contributed by atoms with Crippen molar-refractivity contribution < 1.29 is 28.5 Å². The van der Waals surface area contributed by atoms with Crippen molar-refractivity contribution in [3.05, 3.63) is 83.9 Å². The molecule has 0 N–H and O–H groups in total. The Morgan fingerprint density at radius 2 is 1.11 bits per heavy atom. The molecule has 0 aromatic heterocycles. The van der Waals surface area contributed by atoms with E-state index in [0.29, 0.717) is 0 Å². The maximum atomic E-state index is 12.0. The average molecular weight is 380 g/mol. The minimum atomic E-state index is -1.13. The van der Waals surface area contributed by atoms with Crippen LogP contribution >= 0.6 is 0 Å². The molecule has 0 bridgehead atoms. The van der Waals surface area contributed by atoms with E-state index in [0.717, 1.165) is 11.1 Å². The van der Waals surface area contributed by atoms with Crippen molar-refractivity contribution in [3.63, 3.8) is 0 Å². The molecule has 6 heteroatoms. The van der Waals surface area contributed by atoms with E-state index in [-0.39, 0.29) is 13.2 Å². The standard InChI is InChI=1S/C22H20O6/c23-19(13-11-17-7-3-1-4-8-17)27-21-22(26-16-15-25-21)28-20(24)14-12-18-9-5-2-6-10-18/h1-14,21-22H,15-16H2/b13-11+,14-12+. The minimum Gasteiger partial charge on any atom is -0.426 e. The van der Waals surface area contributed by atoms with Crippen LogP contribution in [0.4, 0.5) is 0 Å². The van der Waals surface area contributed by atoms with Crippen molar-refractivity contribution >= 4 is 24.1 Å². The van der Waals surface area contributed by atoms with Gasteiger partial charge >= 0.3 is 11.9 Å². The highest BCUT2D eigenvalue weighted by Gasteiger charge is 2.32. The van der Waals surface area contributed by atoms with E-state index in [2.05, 4.69) is 0 Å². The molecule has 1 heterocycles. The number of hydrogen-bond donors (Lipinski definition) is 0. The molecule has 3 rings (SSSR count). The number of benzene rings is 2. The van der Waals surface area contributed by atoms with Crippen LogP contribution in [0.1, 0.15) is 11.1 Å². The molecule has 28 heavy (non-hydrogen) atoms. The van der Waals surface area contributed by atoms with Crippen molar-refractivity contribution in [2.75, 3.05) is 13.2 Å². The quantitative estimate of drug-likeness (QED) is 0.566. The van der Waals surface area contributed by atoms with E-state index < -0.39 is 24.5 Å². The third kappa shape index (κ3) is 6.19. The Labute approximate surface area is 163 Å². The first kappa shape index (κ1) is 19.5. The predicted molar refractivity (Wildman–Crippen MR) is 103 cm³/mol. The summed E-state index contributed by atoms with van der Waals surface area (Å²) in [5, 5.41) is 0. The van der Waals surface area contributed by atoms with Gasteiger partial charge in [0.15, 0.2) is 0 Å². The Bertz CT molecular complexity index is 757. The normalized spacial score (nSPS) is 19.6. The van der Waals surface area contributed by atoms with Gasteiger partial charge in [-0.1, -0.05) is 60.7 Å². The molecule has 2 unspecified atom stereocenters. The monoisotopic (exact) mass is 380 g/mol. The summed E-state index contributed by atoms with van der Waals surface area (Å²) in [6, 6.07) is 18.6. The van der Waals surface area contributed by atoms with Crippen molar-refractivity contribution in [3.8, 4) is 0 Å². The van der Waals surface area contributed by atoms with Gasteiger partial charge in [-0.2, -0.15) is 0 Å². The molecule has 1 aliphatic rings. The topological polar surface area (TPSA) is 71.1 Å². The average Bonchev–Trinajstić information content (AvgIpc) is 2.74. The van der Waals surface area contributed by atoms with E-state index in [1.807, 2.05) is 60.7 Å². The fraction of sp³-hybridized carbons (Fsp3) is 0.182. The maximum Gasteiger partial charge on any atom is 0.333 e. The largest absolute Gasteiger partial charge is 0.426 e. The van der Waals surface area contributed by atoms with Crippen LogP contribution in [0.3, 0.4) is 0 Å². The molecule has 0 saturated carbocycles. The summed E-state index contributed by atoms with van der Waals surface area (Å²) < 4.78 is 21.2. The van der Waals surface area contributed by atoms with Crippen molar-refractivity contribution in [1.29, 1.82) is 0 Å². The first-order valence-corrected chi connectivity index (χ1v) is 8.81.